The molecule has 2 heteroatoms. The summed E-state index contributed by atoms with van der Waals surface area (Å²) in [5.41, 5.74) is 2.86. The molecular weight excluding hydrogens is 236 g/mol. The molecule has 0 N–H and O–H groups in total. The van der Waals surface area contributed by atoms with Crippen molar-refractivity contribution >= 4 is 16.5 Å². The van der Waals surface area contributed by atoms with Crippen LogP contribution >= 0.6 is 0 Å². The molecule has 0 spiro atoms. The quantitative estimate of drug-likeness (QED) is 0.816. The first kappa shape index (κ1) is 12.2. The molecule has 0 aliphatic heterocycles. The Balaban J connectivity index is 2.19. The highest BCUT2D eigenvalue weighted by Crippen LogP contribution is 2.29. The van der Waals surface area contributed by atoms with Crippen LogP contribution in [0.25, 0.3) is 16.5 Å². The Morgan fingerprint density at radius 2 is 2.11 bits per heavy atom. The van der Waals surface area contributed by atoms with Crippen molar-refractivity contribution < 1.29 is 4.42 Å². The number of rotatable bonds is 3. The largest absolute Gasteiger partial charge is 0.460 e. The summed E-state index contributed by atoms with van der Waals surface area (Å²) in [7, 11) is 0. The maximum Gasteiger partial charge on any atom is 0.200 e. The average Bonchev–Trinajstić information content (AvgIpc) is 2.45. The minimum absolute atomic E-state index is 0.138. The molecule has 1 aromatic heterocycles. The third-order valence-corrected chi connectivity index (χ3v) is 3.75. The van der Waals surface area contributed by atoms with E-state index in [4.69, 9.17) is 4.42 Å². The van der Waals surface area contributed by atoms with Crippen molar-refractivity contribution in [3.63, 3.8) is 0 Å². The fourth-order valence-corrected chi connectivity index (χ4v) is 2.76. The van der Waals surface area contributed by atoms with Crippen molar-refractivity contribution in [2.45, 2.75) is 39.0 Å². The summed E-state index contributed by atoms with van der Waals surface area (Å²) in [6.07, 6.45) is 7.28. The molecule has 19 heavy (non-hydrogen) atoms. The smallest absolute Gasteiger partial charge is 0.200 e. The van der Waals surface area contributed by atoms with Gasteiger partial charge in [-0.3, -0.25) is 4.79 Å². The highest BCUT2D eigenvalue weighted by Gasteiger charge is 2.20. The molecule has 0 unspecified atom stereocenters. The molecule has 0 radical (unpaired) electrons. The number of fused-ring (bicyclic) bond motifs is 2. The summed E-state index contributed by atoms with van der Waals surface area (Å²) in [5, 5.41) is 0.700. The Kier molecular flexibility index (Phi) is 3.24. The van der Waals surface area contributed by atoms with Gasteiger partial charge in [0.25, 0.3) is 0 Å². The van der Waals surface area contributed by atoms with Gasteiger partial charge in [-0.2, -0.15) is 0 Å². The fourth-order valence-electron chi connectivity index (χ4n) is 2.76. The van der Waals surface area contributed by atoms with E-state index in [1.807, 2.05) is 24.3 Å². The molecule has 0 atom stereocenters. The van der Waals surface area contributed by atoms with E-state index in [1.54, 1.807) is 0 Å². The second-order valence-electron chi connectivity index (χ2n) is 5.10. The summed E-state index contributed by atoms with van der Waals surface area (Å²) in [4.78, 5) is 12.6. The van der Waals surface area contributed by atoms with Gasteiger partial charge in [0.05, 0.1) is 10.9 Å². The highest BCUT2D eigenvalue weighted by molar-refractivity contribution is 5.82. The molecule has 1 heterocycles. The molecule has 98 valence electrons. The van der Waals surface area contributed by atoms with E-state index in [9.17, 15) is 4.79 Å². The molecule has 1 aliphatic carbocycles. The zero-order valence-electron chi connectivity index (χ0n) is 11.2. The predicted molar refractivity (Wildman–Crippen MR) is 78.3 cm³/mol. The van der Waals surface area contributed by atoms with E-state index in [0.29, 0.717) is 11.0 Å². The first-order valence-corrected chi connectivity index (χ1v) is 7.05. The van der Waals surface area contributed by atoms with Crippen LogP contribution in [0.4, 0.5) is 0 Å². The minimum atomic E-state index is 0.138. The Hall–Kier alpha value is -1.83. The van der Waals surface area contributed by atoms with E-state index in [0.717, 1.165) is 43.4 Å². The Morgan fingerprint density at radius 1 is 1.26 bits per heavy atom. The van der Waals surface area contributed by atoms with E-state index in [2.05, 4.69) is 13.0 Å². The third kappa shape index (κ3) is 2.12. The number of allylic oxidation sites excluding steroid dienone is 2. The predicted octanol–water partition coefficient (Wildman–Crippen LogP) is 4.31. The molecule has 0 bridgehead atoms. The summed E-state index contributed by atoms with van der Waals surface area (Å²) < 4.78 is 5.93. The molecule has 0 fully saturated rings. The lowest BCUT2D eigenvalue weighted by Gasteiger charge is -2.16. The van der Waals surface area contributed by atoms with Crippen molar-refractivity contribution in [1.82, 2.24) is 0 Å². The third-order valence-electron chi connectivity index (χ3n) is 3.75. The number of hydrogen-bond acceptors (Lipinski definition) is 2. The van der Waals surface area contributed by atoms with Crippen molar-refractivity contribution in [2.24, 2.45) is 0 Å². The highest BCUT2D eigenvalue weighted by atomic mass is 16.3. The molecular formula is C17H18O2. The normalized spacial score (nSPS) is 14.3. The van der Waals surface area contributed by atoms with Crippen LogP contribution in [0.1, 0.15) is 43.9 Å². The van der Waals surface area contributed by atoms with Crippen LogP contribution in [-0.2, 0) is 6.42 Å². The number of unbranched alkanes of at least 4 members (excludes halogenated alkanes) is 1. The van der Waals surface area contributed by atoms with E-state index in [-0.39, 0.29) is 5.43 Å². The van der Waals surface area contributed by atoms with Gasteiger partial charge < -0.3 is 4.42 Å². The molecule has 2 aromatic rings. The number of hydrogen-bond donors (Lipinski definition) is 0. The fraction of sp³-hybridized carbons (Fsp3) is 0.353. The van der Waals surface area contributed by atoms with Crippen LogP contribution in [0, 0.1) is 0 Å². The lowest BCUT2D eigenvalue weighted by molar-refractivity contribution is 0.529. The standard InChI is InChI=1S/C17H18O2/c1-2-3-7-12-8-6-11-15-16(12)17(18)13-9-4-5-10-14(13)19-15/h4-5,8-10H,2-3,6-7,11H2,1H3. The van der Waals surface area contributed by atoms with Crippen molar-refractivity contribution in [1.29, 1.82) is 0 Å². The van der Waals surface area contributed by atoms with Gasteiger partial charge >= 0.3 is 0 Å². The summed E-state index contributed by atoms with van der Waals surface area (Å²) in [6.45, 7) is 2.17. The van der Waals surface area contributed by atoms with Gasteiger partial charge in [-0.15, -0.1) is 0 Å². The van der Waals surface area contributed by atoms with Gasteiger partial charge in [-0.1, -0.05) is 31.6 Å². The van der Waals surface area contributed by atoms with Crippen LogP contribution in [0.3, 0.4) is 0 Å². The molecule has 2 nitrogen and oxygen atoms in total. The summed E-state index contributed by atoms with van der Waals surface area (Å²) in [6, 6.07) is 7.53. The molecule has 1 aliphatic rings. The summed E-state index contributed by atoms with van der Waals surface area (Å²) >= 11 is 0. The second kappa shape index (κ2) is 5.04. The SMILES string of the molecule is CCCCC1=CCCc2oc3ccccc3c(=O)c21. The van der Waals surface area contributed by atoms with Crippen LogP contribution in [0.2, 0.25) is 0 Å². The zero-order chi connectivity index (χ0) is 13.2. The van der Waals surface area contributed by atoms with E-state index in [1.165, 1.54) is 5.57 Å². The van der Waals surface area contributed by atoms with Crippen molar-refractivity contribution in [2.75, 3.05) is 0 Å². The number of benzene rings is 1. The van der Waals surface area contributed by atoms with E-state index < -0.39 is 0 Å². The zero-order valence-corrected chi connectivity index (χ0v) is 11.2. The number of para-hydroxylation sites is 1. The van der Waals surface area contributed by atoms with Crippen LogP contribution in [-0.4, -0.2) is 0 Å². The molecule has 1 aromatic carbocycles. The summed E-state index contributed by atoms with van der Waals surface area (Å²) in [5.74, 6) is 0.873. The monoisotopic (exact) mass is 254 g/mol. The second-order valence-corrected chi connectivity index (χ2v) is 5.10. The number of aryl methyl sites for hydroxylation is 1. The first-order valence-electron chi connectivity index (χ1n) is 7.05. The van der Waals surface area contributed by atoms with Gasteiger partial charge in [0.15, 0.2) is 5.43 Å². The molecule has 0 saturated carbocycles. The Labute approximate surface area is 112 Å². The minimum Gasteiger partial charge on any atom is -0.460 e. The Bertz CT molecular complexity index is 692. The average molecular weight is 254 g/mol. The van der Waals surface area contributed by atoms with E-state index >= 15 is 0 Å². The van der Waals surface area contributed by atoms with Crippen LogP contribution in [0.5, 0.6) is 0 Å². The van der Waals surface area contributed by atoms with Gasteiger partial charge in [0, 0.05) is 6.42 Å². The van der Waals surface area contributed by atoms with Gasteiger partial charge in [0.2, 0.25) is 0 Å². The molecule has 0 saturated heterocycles. The lowest BCUT2D eigenvalue weighted by Crippen LogP contribution is -2.15. The lowest BCUT2D eigenvalue weighted by atomic mass is 9.91. The maximum atomic E-state index is 12.6. The first-order chi connectivity index (χ1) is 9.31. The van der Waals surface area contributed by atoms with Crippen LogP contribution < -0.4 is 5.43 Å². The van der Waals surface area contributed by atoms with Gasteiger partial charge in [0.1, 0.15) is 11.3 Å². The van der Waals surface area contributed by atoms with Crippen molar-refractivity contribution in [3.05, 3.63) is 51.9 Å². The maximum absolute atomic E-state index is 12.6. The van der Waals surface area contributed by atoms with Crippen molar-refractivity contribution in [3.8, 4) is 0 Å². The van der Waals surface area contributed by atoms with Gasteiger partial charge in [-0.05, 0) is 37.0 Å². The molecule has 3 rings (SSSR count). The Morgan fingerprint density at radius 3 is 2.95 bits per heavy atom. The molecule has 0 amide bonds. The van der Waals surface area contributed by atoms with Crippen LogP contribution in [0.15, 0.2) is 39.6 Å². The van der Waals surface area contributed by atoms with Gasteiger partial charge in [-0.25, -0.2) is 0 Å². The topological polar surface area (TPSA) is 30.2 Å².